The molecule has 2 rings (SSSR count). The standard InChI is InChI=1S/C8H15NO/c10-5-7-2-1-6-3-9-4-8(6)7/h6-10H,1-5H2. The molecule has 1 saturated heterocycles. The number of hydrogen-bond acceptors (Lipinski definition) is 2. The molecule has 10 heavy (non-hydrogen) atoms. The fourth-order valence-electron chi connectivity index (χ4n) is 2.49. The van der Waals surface area contributed by atoms with Crippen molar-refractivity contribution in [2.75, 3.05) is 19.7 Å². The van der Waals surface area contributed by atoms with Gasteiger partial charge in [0, 0.05) is 6.61 Å². The molecule has 0 spiro atoms. The van der Waals surface area contributed by atoms with Gasteiger partial charge in [0.05, 0.1) is 0 Å². The summed E-state index contributed by atoms with van der Waals surface area (Å²) in [5.74, 6) is 2.29. The van der Waals surface area contributed by atoms with Crippen LogP contribution in [0, 0.1) is 17.8 Å². The quantitative estimate of drug-likeness (QED) is 0.547. The van der Waals surface area contributed by atoms with Crippen LogP contribution in [0.25, 0.3) is 0 Å². The van der Waals surface area contributed by atoms with Crippen LogP contribution in [0.3, 0.4) is 0 Å². The SMILES string of the molecule is OCC1CCC2CNCC12. The van der Waals surface area contributed by atoms with Gasteiger partial charge in [-0.2, -0.15) is 0 Å². The minimum atomic E-state index is 0.406. The van der Waals surface area contributed by atoms with E-state index in [1.807, 2.05) is 0 Å². The van der Waals surface area contributed by atoms with Crippen LogP contribution in [-0.2, 0) is 0 Å². The maximum atomic E-state index is 8.99. The Kier molecular flexibility index (Phi) is 1.66. The van der Waals surface area contributed by atoms with Crippen molar-refractivity contribution >= 4 is 0 Å². The van der Waals surface area contributed by atoms with Gasteiger partial charge in [-0.25, -0.2) is 0 Å². The van der Waals surface area contributed by atoms with Crippen molar-refractivity contribution in [3.05, 3.63) is 0 Å². The number of aliphatic hydroxyl groups excluding tert-OH is 1. The Morgan fingerprint density at radius 3 is 3.00 bits per heavy atom. The molecule has 3 unspecified atom stereocenters. The Morgan fingerprint density at radius 2 is 2.20 bits per heavy atom. The maximum absolute atomic E-state index is 8.99. The molecule has 0 aromatic rings. The highest BCUT2D eigenvalue weighted by molar-refractivity contribution is 4.91. The normalized spacial score (nSPS) is 45.9. The average Bonchev–Trinajstić information content (AvgIpc) is 2.44. The largest absolute Gasteiger partial charge is 0.396 e. The molecule has 2 aliphatic rings. The minimum absolute atomic E-state index is 0.406. The summed E-state index contributed by atoms with van der Waals surface area (Å²) in [5.41, 5.74) is 0. The lowest BCUT2D eigenvalue weighted by Gasteiger charge is -2.13. The Hall–Kier alpha value is -0.0800. The first kappa shape index (κ1) is 6.62. The molecule has 0 aromatic carbocycles. The van der Waals surface area contributed by atoms with E-state index in [9.17, 15) is 0 Å². The third kappa shape index (κ3) is 0.867. The van der Waals surface area contributed by atoms with E-state index in [0.717, 1.165) is 18.4 Å². The second kappa shape index (κ2) is 2.51. The molecule has 2 N–H and O–H groups in total. The number of aliphatic hydroxyl groups is 1. The lowest BCUT2D eigenvalue weighted by molar-refractivity contribution is 0.193. The van der Waals surface area contributed by atoms with Gasteiger partial charge in [-0.15, -0.1) is 0 Å². The van der Waals surface area contributed by atoms with Crippen molar-refractivity contribution in [1.29, 1.82) is 0 Å². The predicted octanol–water partition coefficient (Wildman–Crippen LogP) is 0.224. The first-order valence-electron chi connectivity index (χ1n) is 4.23. The summed E-state index contributed by atoms with van der Waals surface area (Å²) >= 11 is 0. The summed E-state index contributed by atoms with van der Waals surface area (Å²) in [6, 6.07) is 0. The summed E-state index contributed by atoms with van der Waals surface area (Å²) < 4.78 is 0. The van der Waals surface area contributed by atoms with Gasteiger partial charge in [-0.3, -0.25) is 0 Å². The van der Waals surface area contributed by atoms with E-state index < -0.39 is 0 Å². The molecule has 1 saturated carbocycles. The molecule has 2 fully saturated rings. The fourth-order valence-corrected chi connectivity index (χ4v) is 2.49. The Balaban J connectivity index is 2.01. The van der Waals surface area contributed by atoms with Crippen molar-refractivity contribution in [2.45, 2.75) is 12.8 Å². The van der Waals surface area contributed by atoms with Crippen molar-refractivity contribution in [1.82, 2.24) is 5.32 Å². The first-order chi connectivity index (χ1) is 4.92. The fraction of sp³-hybridized carbons (Fsp3) is 1.00. The molecular formula is C8H15NO. The summed E-state index contributed by atoms with van der Waals surface area (Å²) in [4.78, 5) is 0. The van der Waals surface area contributed by atoms with Gasteiger partial charge in [0.15, 0.2) is 0 Å². The molecular weight excluding hydrogens is 126 g/mol. The smallest absolute Gasteiger partial charge is 0.0462 e. The molecule has 3 atom stereocenters. The van der Waals surface area contributed by atoms with E-state index in [2.05, 4.69) is 5.32 Å². The topological polar surface area (TPSA) is 32.3 Å². The predicted molar refractivity (Wildman–Crippen MR) is 39.7 cm³/mol. The van der Waals surface area contributed by atoms with Gasteiger partial charge in [0.25, 0.3) is 0 Å². The summed E-state index contributed by atoms with van der Waals surface area (Å²) in [6.45, 7) is 2.75. The highest BCUT2D eigenvalue weighted by atomic mass is 16.3. The van der Waals surface area contributed by atoms with Crippen LogP contribution >= 0.6 is 0 Å². The number of fused-ring (bicyclic) bond motifs is 1. The summed E-state index contributed by atoms with van der Waals surface area (Å²) in [6.07, 6.45) is 2.59. The first-order valence-corrected chi connectivity index (χ1v) is 4.23. The molecule has 1 aliphatic carbocycles. The van der Waals surface area contributed by atoms with E-state index in [-0.39, 0.29) is 0 Å². The Labute approximate surface area is 61.6 Å². The zero-order valence-corrected chi connectivity index (χ0v) is 6.21. The summed E-state index contributed by atoms with van der Waals surface area (Å²) in [5, 5.41) is 12.4. The molecule has 2 heteroatoms. The lowest BCUT2D eigenvalue weighted by Crippen LogP contribution is -2.18. The van der Waals surface area contributed by atoms with E-state index in [1.165, 1.54) is 19.4 Å². The van der Waals surface area contributed by atoms with Gasteiger partial charge < -0.3 is 10.4 Å². The van der Waals surface area contributed by atoms with Crippen LogP contribution in [0.1, 0.15) is 12.8 Å². The molecule has 0 bridgehead atoms. The van der Waals surface area contributed by atoms with Gasteiger partial charge in [-0.05, 0) is 43.7 Å². The Morgan fingerprint density at radius 1 is 1.30 bits per heavy atom. The lowest BCUT2D eigenvalue weighted by atomic mass is 9.93. The van der Waals surface area contributed by atoms with Crippen LogP contribution in [-0.4, -0.2) is 24.8 Å². The molecule has 0 aromatic heterocycles. The van der Waals surface area contributed by atoms with Gasteiger partial charge in [-0.1, -0.05) is 0 Å². The molecule has 0 radical (unpaired) electrons. The van der Waals surface area contributed by atoms with Gasteiger partial charge >= 0.3 is 0 Å². The van der Waals surface area contributed by atoms with E-state index in [1.54, 1.807) is 0 Å². The van der Waals surface area contributed by atoms with Gasteiger partial charge in [0.1, 0.15) is 0 Å². The van der Waals surface area contributed by atoms with Crippen LogP contribution in [0.15, 0.2) is 0 Å². The number of nitrogens with one attached hydrogen (secondary N) is 1. The van der Waals surface area contributed by atoms with Crippen LogP contribution in [0.5, 0.6) is 0 Å². The molecule has 2 nitrogen and oxygen atoms in total. The average molecular weight is 141 g/mol. The minimum Gasteiger partial charge on any atom is -0.396 e. The number of rotatable bonds is 1. The van der Waals surface area contributed by atoms with Crippen molar-refractivity contribution in [2.24, 2.45) is 17.8 Å². The number of hydrogen-bond donors (Lipinski definition) is 2. The van der Waals surface area contributed by atoms with E-state index >= 15 is 0 Å². The zero-order chi connectivity index (χ0) is 6.97. The monoisotopic (exact) mass is 141 g/mol. The highest BCUT2D eigenvalue weighted by Gasteiger charge is 2.38. The van der Waals surface area contributed by atoms with Gasteiger partial charge in [0.2, 0.25) is 0 Å². The van der Waals surface area contributed by atoms with Crippen LogP contribution < -0.4 is 5.32 Å². The summed E-state index contributed by atoms with van der Waals surface area (Å²) in [7, 11) is 0. The van der Waals surface area contributed by atoms with Crippen molar-refractivity contribution in [3.8, 4) is 0 Å². The molecule has 1 aliphatic heterocycles. The third-order valence-electron chi connectivity index (χ3n) is 3.14. The van der Waals surface area contributed by atoms with E-state index in [4.69, 9.17) is 5.11 Å². The molecule has 0 amide bonds. The third-order valence-corrected chi connectivity index (χ3v) is 3.14. The Bertz CT molecular complexity index is 126. The zero-order valence-electron chi connectivity index (χ0n) is 6.21. The van der Waals surface area contributed by atoms with Crippen molar-refractivity contribution in [3.63, 3.8) is 0 Å². The van der Waals surface area contributed by atoms with Crippen molar-refractivity contribution < 1.29 is 5.11 Å². The second-order valence-corrected chi connectivity index (χ2v) is 3.60. The van der Waals surface area contributed by atoms with E-state index in [0.29, 0.717) is 12.5 Å². The molecule has 58 valence electrons. The maximum Gasteiger partial charge on any atom is 0.0462 e. The van der Waals surface area contributed by atoms with Crippen LogP contribution in [0.4, 0.5) is 0 Å². The van der Waals surface area contributed by atoms with Crippen LogP contribution in [0.2, 0.25) is 0 Å². The molecule has 1 heterocycles. The second-order valence-electron chi connectivity index (χ2n) is 3.60. The highest BCUT2D eigenvalue weighted by Crippen LogP contribution is 2.38.